The lowest BCUT2D eigenvalue weighted by Gasteiger charge is -2.42. The van der Waals surface area contributed by atoms with Crippen molar-refractivity contribution < 1.29 is 9.90 Å². The van der Waals surface area contributed by atoms with E-state index < -0.39 is 6.10 Å². The lowest BCUT2D eigenvalue weighted by molar-refractivity contribution is -0.130. The second-order valence-electron chi connectivity index (χ2n) is 7.86. The fourth-order valence-electron chi connectivity index (χ4n) is 5.26. The van der Waals surface area contributed by atoms with Crippen molar-refractivity contribution in [2.45, 2.75) is 71.3 Å². The number of nitrogens with zero attached hydrogens (tertiary/aromatic N) is 1. The van der Waals surface area contributed by atoms with E-state index in [0.717, 1.165) is 43.5 Å². The lowest BCUT2D eigenvalue weighted by atomic mass is 9.62. The molecule has 2 aliphatic rings. The number of rotatable bonds is 6. The van der Waals surface area contributed by atoms with Crippen molar-refractivity contribution in [3.05, 3.63) is 16.6 Å². The van der Waals surface area contributed by atoms with Gasteiger partial charge in [0.1, 0.15) is 16.9 Å². The first kappa shape index (κ1) is 17.1. The van der Waals surface area contributed by atoms with Gasteiger partial charge in [0.05, 0.1) is 0 Å². The number of aromatic nitrogens is 1. The maximum Gasteiger partial charge on any atom is 0.136 e. The predicted molar refractivity (Wildman–Crippen MR) is 93.3 cm³/mol. The van der Waals surface area contributed by atoms with Crippen LogP contribution in [0.4, 0.5) is 0 Å². The average Bonchev–Trinajstić information content (AvgIpc) is 3.14. The average molecular weight is 336 g/mol. The third-order valence-corrected chi connectivity index (χ3v) is 7.37. The van der Waals surface area contributed by atoms with E-state index in [-0.39, 0.29) is 5.41 Å². The minimum Gasteiger partial charge on any atom is -0.386 e. The number of thiazole rings is 1. The molecule has 1 N–H and O–H groups in total. The van der Waals surface area contributed by atoms with Crippen molar-refractivity contribution in [1.82, 2.24) is 4.98 Å². The van der Waals surface area contributed by atoms with Gasteiger partial charge in [-0.15, -0.1) is 11.3 Å². The van der Waals surface area contributed by atoms with Gasteiger partial charge in [-0.25, -0.2) is 4.98 Å². The number of hydrogen-bond donors (Lipinski definition) is 1. The van der Waals surface area contributed by atoms with Crippen LogP contribution in [0, 0.1) is 23.2 Å². The van der Waals surface area contributed by atoms with Gasteiger partial charge in [0.25, 0.3) is 0 Å². The van der Waals surface area contributed by atoms with E-state index in [0.29, 0.717) is 23.5 Å². The van der Waals surface area contributed by atoms with Crippen LogP contribution in [-0.4, -0.2) is 15.9 Å². The maximum absolute atomic E-state index is 12.2. The first-order chi connectivity index (χ1) is 11.0. The van der Waals surface area contributed by atoms with E-state index >= 15 is 0 Å². The predicted octanol–water partition coefficient (Wildman–Crippen LogP) is 4.77. The smallest absolute Gasteiger partial charge is 0.136 e. The first-order valence-electron chi connectivity index (χ1n) is 9.12. The Bertz CT molecular complexity index is 529. The summed E-state index contributed by atoms with van der Waals surface area (Å²) in [6, 6.07) is 0. The lowest BCUT2D eigenvalue weighted by Crippen LogP contribution is -2.39. The van der Waals surface area contributed by atoms with Crippen LogP contribution in [0.25, 0.3) is 0 Å². The fourth-order valence-corrected chi connectivity index (χ4v) is 5.92. The molecular weight excluding hydrogens is 306 g/mol. The number of ketones is 1. The van der Waals surface area contributed by atoms with Gasteiger partial charge in [-0.3, -0.25) is 4.79 Å². The van der Waals surface area contributed by atoms with E-state index in [1.165, 1.54) is 24.2 Å². The third kappa shape index (κ3) is 3.39. The third-order valence-electron chi connectivity index (χ3n) is 6.50. The normalized spacial score (nSPS) is 33.4. The molecule has 128 valence electrons. The molecule has 3 rings (SSSR count). The van der Waals surface area contributed by atoms with Gasteiger partial charge in [0.15, 0.2) is 0 Å². The van der Waals surface area contributed by atoms with Crippen molar-refractivity contribution in [2.24, 2.45) is 23.2 Å². The van der Waals surface area contributed by atoms with Gasteiger partial charge in [-0.05, 0) is 49.4 Å². The zero-order chi connectivity index (χ0) is 16.4. The van der Waals surface area contributed by atoms with E-state index in [1.54, 1.807) is 6.20 Å². The summed E-state index contributed by atoms with van der Waals surface area (Å²) in [5, 5.41) is 12.9. The molecule has 0 spiro atoms. The minimum atomic E-state index is -0.412. The molecule has 0 amide bonds. The van der Waals surface area contributed by atoms with Crippen LogP contribution in [0.15, 0.2) is 11.6 Å². The van der Waals surface area contributed by atoms with Gasteiger partial charge in [-0.2, -0.15) is 0 Å². The Kier molecular flexibility index (Phi) is 5.22. The molecule has 0 radical (unpaired) electrons. The number of carbonyl (C=O) groups excluding carboxylic acids is 1. The summed E-state index contributed by atoms with van der Waals surface area (Å²) in [7, 11) is 0. The van der Waals surface area contributed by atoms with Crippen LogP contribution in [0.3, 0.4) is 0 Å². The molecule has 1 heterocycles. The SMILES string of the molecule is CC(CCCC(O)c1nccs1)C1CCC2C(=O)CCCC21C. The Morgan fingerprint density at radius 2 is 2.26 bits per heavy atom. The number of fused-ring (bicyclic) bond motifs is 1. The van der Waals surface area contributed by atoms with Crippen molar-refractivity contribution in [3.63, 3.8) is 0 Å². The molecule has 5 unspecified atom stereocenters. The van der Waals surface area contributed by atoms with Gasteiger partial charge >= 0.3 is 0 Å². The summed E-state index contributed by atoms with van der Waals surface area (Å²) in [6.07, 6.45) is 9.74. The van der Waals surface area contributed by atoms with Crippen LogP contribution < -0.4 is 0 Å². The van der Waals surface area contributed by atoms with Crippen molar-refractivity contribution in [1.29, 1.82) is 0 Å². The van der Waals surface area contributed by atoms with Crippen LogP contribution in [0.5, 0.6) is 0 Å². The Morgan fingerprint density at radius 3 is 3.00 bits per heavy atom. The molecule has 2 saturated carbocycles. The molecule has 2 aliphatic carbocycles. The van der Waals surface area contributed by atoms with E-state index in [4.69, 9.17) is 0 Å². The van der Waals surface area contributed by atoms with Crippen molar-refractivity contribution >= 4 is 17.1 Å². The fraction of sp³-hybridized carbons (Fsp3) is 0.789. The summed E-state index contributed by atoms with van der Waals surface area (Å²) in [6.45, 7) is 4.72. The summed E-state index contributed by atoms with van der Waals surface area (Å²) >= 11 is 1.53. The Labute approximate surface area is 143 Å². The molecule has 0 saturated heterocycles. The monoisotopic (exact) mass is 335 g/mol. The molecule has 5 atom stereocenters. The summed E-state index contributed by atoms with van der Waals surface area (Å²) in [5.74, 6) is 2.16. The standard InChI is InChI=1S/C19H29NO2S/c1-13(5-3-6-17(22)18-20-11-12-23-18)14-8-9-15-16(21)7-4-10-19(14,15)2/h11-15,17,22H,3-10H2,1-2H3. The molecule has 0 bridgehead atoms. The Balaban J connectivity index is 1.52. The van der Waals surface area contributed by atoms with Crippen LogP contribution in [0.1, 0.15) is 76.3 Å². The highest BCUT2D eigenvalue weighted by Gasteiger charge is 2.52. The molecule has 4 heteroatoms. The van der Waals surface area contributed by atoms with E-state index in [1.807, 2.05) is 5.38 Å². The summed E-state index contributed by atoms with van der Waals surface area (Å²) in [5.41, 5.74) is 0.239. The molecular formula is C19H29NO2S. The highest BCUT2D eigenvalue weighted by atomic mass is 32.1. The number of carbonyl (C=O) groups is 1. The highest BCUT2D eigenvalue weighted by Crippen LogP contribution is 2.57. The number of aliphatic hydroxyl groups excluding tert-OH is 1. The van der Waals surface area contributed by atoms with E-state index in [2.05, 4.69) is 18.8 Å². The first-order valence-corrected chi connectivity index (χ1v) is 10.0. The van der Waals surface area contributed by atoms with E-state index in [9.17, 15) is 9.90 Å². The van der Waals surface area contributed by atoms with Crippen molar-refractivity contribution in [3.8, 4) is 0 Å². The number of aliphatic hydroxyl groups is 1. The van der Waals surface area contributed by atoms with Gasteiger partial charge < -0.3 is 5.11 Å². The molecule has 3 nitrogen and oxygen atoms in total. The van der Waals surface area contributed by atoms with Gasteiger partial charge in [-0.1, -0.05) is 26.7 Å². The molecule has 1 aromatic rings. The largest absolute Gasteiger partial charge is 0.386 e. The second-order valence-corrected chi connectivity index (χ2v) is 8.78. The molecule has 23 heavy (non-hydrogen) atoms. The molecule has 0 aliphatic heterocycles. The quantitative estimate of drug-likeness (QED) is 0.815. The van der Waals surface area contributed by atoms with Crippen LogP contribution in [-0.2, 0) is 4.79 Å². The second kappa shape index (κ2) is 7.02. The summed E-state index contributed by atoms with van der Waals surface area (Å²) < 4.78 is 0. The molecule has 0 aromatic carbocycles. The Hall–Kier alpha value is -0.740. The zero-order valence-electron chi connectivity index (χ0n) is 14.3. The summed E-state index contributed by atoms with van der Waals surface area (Å²) in [4.78, 5) is 16.4. The van der Waals surface area contributed by atoms with Crippen LogP contribution in [0.2, 0.25) is 0 Å². The highest BCUT2D eigenvalue weighted by molar-refractivity contribution is 7.09. The Morgan fingerprint density at radius 1 is 1.43 bits per heavy atom. The molecule has 1 aromatic heterocycles. The van der Waals surface area contributed by atoms with Gasteiger partial charge in [0.2, 0.25) is 0 Å². The van der Waals surface area contributed by atoms with Gasteiger partial charge in [0, 0.05) is 23.9 Å². The van der Waals surface area contributed by atoms with Crippen molar-refractivity contribution in [2.75, 3.05) is 0 Å². The zero-order valence-corrected chi connectivity index (χ0v) is 15.1. The number of hydrogen-bond acceptors (Lipinski definition) is 4. The maximum atomic E-state index is 12.2. The minimum absolute atomic E-state index is 0.239. The van der Waals surface area contributed by atoms with Crippen LogP contribution >= 0.6 is 11.3 Å². The number of Topliss-reactive ketones (excluding diaryl/α,β-unsaturated/α-hetero) is 1. The topological polar surface area (TPSA) is 50.2 Å². The molecule has 2 fully saturated rings.